The highest BCUT2D eigenvalue weighted by Crippen LogP contribution is 2.74. The van der Waals surface area contributed by atoms with Crippen molar-refractivity contribution < 1.29 is 119 Å². The van der Waals surface area contributed by atoms with Gasteiger partial charge in [-0.1, -0.05) is 0 Å². The van der Waals surface area contributed by atoms with E-state index in [1.165, 1.54) is 0 Å². The Morgan fingerprint density at radius 3 is 0.487 bits per heavy atom. The molecular weight excluding hydrogens is 654 g/mol. The summed E-state index contributed by atoms with van der Waals surface area (Å²) in [6.45, 7) is 0. The van der Waals surface area contributed by atoms with Gasteiger partial charge in [0, 0.05) is 0 Å². The summed E-state index contributed by atoms with van der Waals surface area (Å²) < 4.78 is 338. The Balaban J connectivity index is 8.27. The van der Waals surface area contributed by atoms with Gasteiger partial charge in [-0.05, 0) is 0 Å². The van der Waals surface area contributed by atoms with Crippen molar-refractivity contribution in [1.82, 2.24) is 0 Å². The molecule has 0 aromatic carbocycles. The lowest BCUT2D eigenvalue weighted by Gasteiger charge is -2.50. The minimum Gasteiger partial charge on any atom is -0.253 e. The van der Waals surface area contributed by atoms with Crippen molar-refractivity contribution in [3.05, 3.63) is 0 Å². The Morgan fingerprint density at radius 2 is 0.385 bits per heavy atom. The molecule has 1 nitrogen and oxygen atoms in total. The summed E-state index contributed by atoms with van der Waals surface area (Å²) in [5.41, 5.74) is -19.4. The Morgan fingerprint density at radius 1 is 0.231 bits per heavy atom. The van der Waals surface area contributed by atoms with Crippen LogP contribution in [0.25, 0.3) is 0 Å². The van der Waals surface area contributed by atoms with E-state index in [9.17, 15) is 114 Å². The molecule has 0 saturated heterocycles. The molecule has 0 unspecified atom stereocenters. The van der Waals surface area contributed by atoms with Gasteiger partial charge in [0.2, 0.25) is 0 Å². The molecule has 0 heterocycles. The van der Waals surface area contributed by atoms with Crippen molar-refractivity contribution >= 4 is 0 Å². The fraction of sp³-hybridized carbons (Fsp3) is 1.00. The first-order valence-electron chi connectivity index (χ1n) is 7.82. The van der Waals surface area contributed by atoms with Crippen LogP contribution in [0.15, 0.2) is 0 Å². The van der Waals surface area contributed by atoms with Gasteiger partial charge >= 0.3 is 72.0 Å². The predicted molar refractivity (Wildman–Crippen MR) is 62.1 cm³/mol. The zero-order valence-corrected chi connectivity index (χ0v) is 16.2. The van der Waals surface area contributed by atoms with Crippen molar-refractivity contribution in [3.8, 4) is 0 Å². The number of rotatable bonds is 6. The van der Waals surface area contributed by atoms with Gasteiger partial charge in [0.15, 0.2) is 0 Å². The van der Waals surface area contributed by atoms with Crippen molar-refractivity contribution in [3.63, 3.8) is 0 Å². The molecule has 0 aliphatic rings. The maximum atomic E-state index is 13.9. The molecule has 0 atom stereocenters. The van der Waals surface area contributed by atoms with E-state index >= 15 is 0 Å². The fourth-order valence-electron chi connectivity index (χ4n) is 2.80. The van der Waals surface area contributed by atoms with Crippen molar-refractivity contribution in [1.29, 1.82) is 0 Å². The molecule has 0 aliphatic carbocycles. The van der Waals surface area contributed by atoms with Crippen LogP contribution in [0.1, 0.15) is 0 Å². The maximum absolute atomic E-state index is 13.9. The number of hydrogen-bond donors (Lipinski definition) is 0. The smallest absolute Gasteiger partial charge is 0.253 e. The molecule has 0 radical (unpaired) electrons. The van der Waals surface area contributed by atoms with Gasteiger partial charge < -0.3 is 0 Å². The van der Waals surface area contributed by atoms with Crippen molar-refractivity contribution in [2.45, 2.75) is 61.1 Å². The third-order valence-corrected chi connectivity index (χ3v) is 4.48. The van der Waals surface area contributed by atoms with Crippen LogP contribution in [0.3, 0.4) is 0 Å². The molecule has 0 N–H and O–H groups in total. The highest BCUT2D eigenvalue weighted by atomic mass is 19.5. The van der Waals surface area contributed by atoms with Gasteiger partial charge in [0.1, 0.15) is 0 Å². The lowest BCUT2D eigenvalue weighted by atomic mass is 9.75. The second-order valence-corrected chi connectivity index (χ2v) is 6.77. The molecule has 0 aliphatic heterocycles. The van der Waals surface area contributed by atoms with Crippen LogP contribution in [0.2, 0.25) is 0 Å². The molecule has 39 heavy (non-hydrogen) atoms. The first-order valence-corrected chi connectivity index (χ1v) is 7.82. The van der Waals surface area contributed by atoms with E-state index in [1.54, 1.807) is 0 Å². The van der Waals surface area contributed by atoms with E-state index in [2.05, 4.69) is 0 Å². The van der Waals surface area contributed by atoms with E-state index in [-0.39, 0.29) is 0 Å². The molecule has 0 rings (SSSR count). The summed E-state index contributed by atoms with van der Waals surface area (Å²) in [5.74, 6) is -18.7. The van der Waals surface area contributed by atoms with E-state index < -0.39 is 72.0 Å². The summed E-state index contributed by atoms with van der Waals surface area (Å²) in [6.07, 6.45) is -73.4. The van der Waals surface area contributed by atoms with Crippen LogP contribution in [0.4, 0.5) is 114 Å². The van der Waals surface area contributed by atoms with E-state index in [4.69, 9.17) is 0 Å². The van der Waals surface area contributed by atoms with Crippen LogP contribution in [-0.2, 0) is 4.74 Å². The molecule has 0 aromatic rings. The van der Waals surface area contributed by atoms with Crippen molar-refractivity contribution in [2.75, 3.05) is 0 Å². The molecule has 0 aromatic heterocycles. The average Bonchev–Trinajstić information content (AvgIpc) is 2.43. The minimum absolute atomic E-state index is 0.519. The zero-order chi connectivity index (χ0) is 32.7. The molecule has 0 fully saturated rings. The molecular formula is C12F26O. The van der Waals surface area contributed by atoms with Crippen molar-refractivity contribution in [2.24, 2.45) is 10.8 Å². The SMILES string of the molecule is FC(F)(F)C(F)(F)C(C(F)(F)F)(C(F)(F)F)C(F)(F)OC(F)(F)C(C(F)(F)F)(C(F)(F)F)C(F)(F)C(F)(F)F. The number of ether oxygens (including phenoxy) is 1. The highest BCUT2D eigenvalue weighted by Gasteiger charge is 3.02. The summed E-state index contributed by atoms with van der Waals surface area (Å²) in [4.78, 5) is 0. The first-order chi connectivity index (χ1) is 16.2. The summed E-state index contributed by atoms with van der Waals surface area (Å²) in [7, 11) is 0. The van der Waals surface area contributed by atoms with Gasteiger partial charge in [0.25, 0.3) is 0 Å². The lowest BCUT2D eigenvalue weighted by Crippen LogP contribution is -2.78. The highest BCUT2D eigenvalue weighted by molar-refractivity contribution is 5.15. The van der Waals surface area contributed by atoms with Crippen LogP contribution in [0, 0.1) is 10.8 Å². The van der Waals surface area contributed by atoms with Crippen LogP contribution >= 0.6 is 0 Å². The second-order valence-electron chi connectivity index (χ2n) is 6.77. The molecule has 0 amide bonds. The Bertz CT molecular complexity index is 768. The van der Waals surface area contributed by atoms with E-state index in [1.807, 2.05) is 0 Å². The molecule has 236 valence electrons. The van der Waals surface area contributed by atoms with Gasteiger partial charge in [-0.25, -0.2) is 0 Å². The topological polar surface area (TPSA) is 9.23 Å². The third kappa shape index (κ3) is 4.75. The third-order valence-electron chi connectivity index (χ3n) is 4.48. The maximum Gasteiger partial charge on any atom is 0.455 e. The monoisotopic (exact) mass is 654 g/mol. The van der Waals surface area contributed by atoms with E-state index in [0.717, 1.165) is 0 Å². The average molecular weight is 654 g/mol. The molecule has 0 spiro atoms. The fourth-order valence-corrected chi connectivity index (χ4v) is 2.80. The first kappa shape index (κ1) is 37.1. The number of hydrogen-bond acceptors (Lipinski definition) is 1. The largest absolute Gasteiger partial charge is 0.455 e. The minimum atomic E-state index is -9.72. The number of halogens is 26. The van der Waals surface area contributed by atoms with Crippen LogP contribution < -0.4 is 0 Å². The zero-order valence-electron chi connectivity index (χ0n) is 16.2. The predicted octanol–water partition coefficient (Wildman–Crippen LogP) is 8.81. The van der Waals surface area contributed by atoms with Gasteiger partial charge in [-0.3, -0.25) is 4.74 Å². The Hall–Kier alpha value is -1.86. The Kier molecular flexibility index (Phi) is 8.40. The summed E-state index contributed by atoms with van der Waals surface area (Å²) in [5, 5.41) is 0. The molecule has 27 heteroatoms. The molecule has 0 saturated carbocycles. The summed E-state index contributed by atoms with van der Waals surface area (Å²) >= 11 is 0. The number of alkyl halides is 26. The summed E-state index contributed by atoms with van der Waals surface area (Å²) in [6, 6.07) is 0. The Labute approximate surface area is 192 Å². The van der Waals surface area contributed by atoms with Gasteiger partial charge in [-0.2, -0.15) is 114 Å². The standard InChI is InChI=1S/C12F26O/c13-3(14,9(29,30)31)1(5(17,18)19,6(20,21)22)11(35,36)39-12(37,38)2(7(23,24)25,8(26,27)28)4(15,16)10(32,33)34. The molecule has 0 bridgehead atoms. The van der Waals surface area contributed by atoms with Gasteiger partial charge in [-0.15, -0.1) is 0 Å². The van der Waals surface area contributed by atoms with Crippen LogP contribution in [-0.4, -0.2) is 61.1 Å². The van der Waals surface area contributed by atoms with Gasteiger partial charge in [0.05, 0.1) is 0 Å². The van der Waals surface area contributed by atoms with Crippen LogP contribution in [0.5, 0.6) is 0 Å². The normalized spacial score (nSPS) is 17.1. The lowest BCUT2D eigenvalue weighted by molar-refractivity contribution is -0.584. The quantitative estimate of drug-likeness (QED) is 0.261. The second kappa shape index (κ2) is 8.82. The van der Waals surface area contributed by atoms with E-state index in [0.29, 0.717) is 4.74 Å².